The molecule has 3 rings (SSSR count). The maximum absolute atomic E-state index is 12.7. The van der Waals surface area contributed by atoms with Crippen LogP contribution in [0.5, 0.6) is 0 Å². The van der Waals surface area contributed by atoms with E-state index in [4.69, 9.17) is 0 Å². The van der Waals surface area contributed by atoms with Gasteiger partial charge in [0.1, 0.15) is 0 Å². The summed E-state index contributed by atoms with van der Waals surface area (Å²) in [5.41, 5.74) is 2.38. The van der Waals surface area contributed by atoms with Gasteiger partial charge in [0, 0.05) is 17.7 Å². The van der Waals surface area contributed by atoms with Gasteiger partial charge in [-0.05, 0) is 30.7 Å². The average Bonchev–Trinajstić information content (AvgIpc) is 2.62. The fourth-order valence-electron chi connectivity index (χ4n) is 2.53. The SMILES string of the molecule is Cc1ccc(S(=O)(=O)Nc2ccccc2-c2cccc([N+](=O)[O-])c2)cc1. The highest BCUT2D eigenvalue weighted by molar-refractivity contribution is 7.92. The molecule has 3 aromatic carbocycles. The van der Waals surface area contributed by atoms with E-state index in [2.05, 4.69) is 4.72 Å². The lowest BCUT2D eigenvalue weighted by molar-refractivity contribution is -0.384. The third-order valence-corrected chi connectivity index (χ3v) is 5.25. The van der Waals surface area contributed by atoms with Crippen molar-refractivity contribution in [1.29, 1.82) is 0 Å². The van der Waals surface area contributed by atoms with E-state index in [0.29, 0.717) is 16.8 Å². The normalized spacial score (nSPS) is 11.1. The Morgan fingerprint density at radius 2 is 1.62 bits per heavy atom. The fourth-order valence-corrected chi connectivity index (χ4v) is 3.61. The van der Waals surface area contributed by atoms with Crippen molar-refractivity contribution >= 4 is 21.4 Å². The Hall–Kier alpha value is -3.19. The predicted molar refractivity (Wildman–Crippen MR) is 101 cm³/mol. The van der Waals surface area contributed by atoms with Crippen molar-refractivity contribution in [2.24, 2.45) is 0 Å². The molecular formula is C19H16N2O4S. The quantitative estimate of drug-likeness (QED) is 0.535. The second kappa shape index (κ2) is 6.97. The third kappa shape index (κ3) is 3.73. The summed E-state index contributed by atoms with van der Waals surface area (Å²) in [4.78, 5) is 10.7. The Morgan fingerprint density at radius 1 is 0.923 bits per heavy atom. The molecule has 0 amide bonds. The molecule has 0 heterocycles. The van der Waals surface area contributed by atoms with Crippen LogP contribution in [0, 0.1) is 17.0 Å². The van der Waals surface area contributed by atoms with Crippen LogP contribution in [-0.2, 0) is 10.0 Å². The Morgan fingerprint density at radius 3 is 2.31 bits per heavy atom. The van der Waals surface area contributed by atoms with E-state index < -0.39 is 14.9 Å². The maximum atomic E-state index is 12.7. The van der Waals surface area contributed by atoms with Crippen LogP contribution in [0.1, 0.15) is 5.56 Å². The number of nitrogens with one attached hydrogen (secondary N) is 1. The van der Waals surface area contributed by atoms with Crippen LogP contribution in [0.15, 0.2) is 77.7 Å². The first kappa shape index (κ1) is 17.6. The molecule has 132 valence electrons. The lowest BCUT2D eigenvalue weighted by atomic mass is 10.0. The number of rotatable bonds is 5. The molecular weight excluding hydrogens is 352 g/mol. The molecule has 0 atom stereocenters. The molecule has 0 saturated heterocycles. The highest BCUT2D eigenvalue weighted by Crippen LogP contribution is 2.31. The van der Waals surface area contributed by atoms with Crippen molar-refractivity contribution in [3.05, 3.63) is 88.5 Å². The average molecular weight is 368 g/mol. The van der Waals surface area contributed by atoms with E-state index in [9.17, 15) is 18.5 Å². The summed E-state index contributed by atoms with van der Waals surface area (Å²) in [5, 5.41) is 11.0. The molecule has 0 aliphatic carbocycles. The lowest BCUT2D eigenvalue weighted by Gasteiger charge is -2.13. The second-order valence-electron chi connectivity index (χ2n) is 5.77. The first-order valence-electron chi connectivity index (χ1n) is 7.80. The Kier molecular flexibility index (Phi) is 4.73. The van der Waals surface area contributed by atoms with Gasteiger partial charge in [-0.15, -0.1) is 0 Å². The molecule has 0 aromatic heterocycles. The van der Waals surface area contributed by atoms with Crippen LogP contribution < -0.4 is 4.72 Å². The number of anilines is 1. The van der Waals surface area contributed by atoms with Gasteiger partial charge in [0.2, 0.25) is 0 Å². The van der Waals surface area contributed by atoms with E-state index in [1.807, 2.05) is 6.92 Å². The Bertz CT molecular complexity index is 1060. The van der Waals surface area contributed by atoms with Crippen LogP contribution in [0.4, 0.5) is 11.4 Å². The summed E-state index contributed by atoms with van der Waals surface area (Å²) in [6, 6.07) is 19.4. The summed E-state index contributed by atoms with van der Waals surface area (Å²) in [7, 11) is -3.77. The van der Waals surface area contributed by atoms with Crippen LogP contribution in [0.25, 0.3) is 11.1 Å². The topological polar surface area (TPSA) is 89.3 Å². The van der Waals surface area contributed by atoms with Gasteiger partial charge in [0.15, 0.2) is 0 Å². The zero-order valence-corrected chi connectivity index (χ0v) is 14.7. The van der Waals surface area contributed by atoms with Crippen molar-refractivity contribution in [1.82, 2.24) is 0 Å². The van der Waals surface area contributed by atoms with E-state index in [0.717, 1.165) is 5.56 Å². The predicted octanol–water partition coefficient (Wildman–Crippen LogP) is 4.37. The molecule has 0 aliphatic rings. The minimum absolute atomic E-state index is 0.0568. The van der Waals surface area contributed by atoms with Crippen LogP contribution in [-0.4, -0.2) is 13.3 Å². The third-order valence-electron chi connectivity index (χ3n) is 3.87. The number of benzene rings is 3. The lowest BCUT2D eigenvalue weighted by Crippen LogP contribution is -2.13. The number of nitro benzene ring substituents is 1. The number of para-hydroxylation sites is 1. The standard InChI is InChI=1S/C19H16N2O4S/c1-14-9-11-17(12-10-14)26(24,25)20-19-8-3-2-7-18(19)15-5-4-6-16(13-15)21(22)23/h2-13,20H,1H3. The number of sulfonamides is 1. The largest absolute Gasteiger partial charge is 0.279 e. The van der Waals surface area contributed by atoms with E-state index in [1.165, 1.54) is 24.3 Å². The molecule has 0 aliphatic heterocycles. The monoisotopic (exact) mass is 368 g/mol. The zero-order valence-electron chi connectivity index (χ0n) is 13.9. The fraction of sp³-hybridized carbons (Fsp3) is 0.0526. The van der Waals surface area contributed by atoms with Gasteiger partial charge in [-0.25, -0.2) is 8.42 Å². The molecule has 0 spiro atoms. The first-order chi connectivity index (χ1) is 12.4. The summed E-state index contributed by atoms with van der Waals surface area (Å²) >= 11 is 0. The van der Waals surface area contributed by atoms with Gasteiger partial charge in [0.25, 0.3) is 15.7 Å². The molecule has 1 N–H and O–H groups in total. The number of aryl methyl sites for hydroxylation is 1. The highest BCUT2D eigenvalue weighted by atomic mass is 32.2. The van der Waals surface area contributed by atoms with Crippen molar-refractivity contribution in [2.45, 2.75) is 11.8 Å². The molecule has 0 unspecified atom stereocenters. The van der Waals surface area contributed by atoms with E-state index in [1.54, 1.807) is 48.5 Å². The minimum atomic E-state index is -3.77. The summed E-state index contributed by atoms with van der Waals surface area (Å²) < 4.78 is 27.9. The van der Waals surface area contributed by atoms with Gasteiger partial charge in [-0.1, -0.05) is 48.0 Å². The van der Waals surface area contributed by atoms with Gasteiger partial charge < -0.3 is 0 Å². The van der Waals surface area contributed by atoms with E-state index in [-0.39, 0.29) is 10.6 Å². The van der Waals surface area contributed by atoms with Crippen molar-refractivity contribution in [3.8, 4) is 11.1 Å². The molecule has 7 heteroatoms. The van der Waals surface area contributed by atoms with Crippen LogP contribution in [0.2, 0.25) is 0 Å². The first-order valence-corrected chi connectivity index (χ1v) is 9.28. The van der Waals surface area contributed by atoms with Gasteiger partial charge >= 0.3 is 0 Å². The molecule has 0 bridgehead atoms. The number of non-ortho nitro benzene ring substituents is 1. The number of hydrogen-bond donors (Lipinski definition) is 1. The Labute approximate surface area is 151 Å². The Balaban J connectivity index is 2.01. The van der Waals surface area contributed by atoms with Gasteiger partial charge in [-0.3, -0.25) is 14.8 Å². The molecule has 26 heavy (non-hydrogen) atoms. The zero-order chi connectivity index (χ0) is 18.7. The van der Waals surface area contributed by atoms with Crippen LogP contribution >= 0.6 is 0 Å². The second-order valence-corrected chi connectivity index (χ2v) is 7.45. The smallest absolute Gasteiger partial charge is 0.270 e. The van der Waals surface area contributed by atoms with Crippen molar-refractivity contribution < 1.29 is 13.3 Å². The molecule has 0 fully saturated rings. The summed E-state index contributed by atoms with van der Waals surface area (Å²) in [6.45, 7) is 1.88. The summed E-state index contributed by atoms with van der Waals surface area (Å²) in [6.07, 6.45) is 0. The highest BCUT2D eigenvalue weighted by Gasteiger charge is 2.17. The summed E-state index contributed by atoms with van der Waals surface area (Å²) in [5.74, 6) is 0. The number of hydrogen-bond acceptors (Lipinski definition) is 4. The van der Waals surface area contributed by atoms with Crippen molar-refractivity contribution in [2.75, 3.05) is 4.72 Å². The minimum Gasteiger partial charge on any atom is -0.279 e. The van der Waals surface area contributed by atoms with Gasteiger partial charge in [-0.2, -0.15) is 0 Å². The van der Waals surface area contributed by atoms with E-state index >= 15 is 0 Å². The number of nitrogens with zero attached hydrogens (tertiary/aromatic N) is 1. The maximum Gasteiger partial charge on any atom is 0.270 e. The van der Waals surface area contributed by atoms with Crippen LogP contribution in [0.3, 0.4) is 0 Å². The number of nitro groups is 1. The molecule has 0 radical (unpaired) electrons. The molecule has 6 nitrogen and oxygen atoms in total. The van der Waals surface area contributed by atoms with Crippen molar-refractivity contribution in [3.63, 3.8) is 0 Å². The molecule has 0 saturated carbocycles. The van der Waals surface area contributed by atoms with Gasteiger partial charge in [0.05, 0.1) is 15.5 Å². The molecule has 3 aromatic rings.